The molecule has 6 rings (SSSR count). The first-order valence-electron chi connectivity index (χ1n) is 13.1. The molecular formula is C30H23F2N7O4S. The number of aromatic amines is 1. The second kappa shape index (κ2) is 10.9. The summed E-state index contributed by atoms with van der Waals surface area (Å²) in [6, 6.07) is 15.8. The number of hydrogen-bond acceptors (Lipinski definition) is 8. The second-order valence-corrected chi connectivity index (χ2v) is 11.5. The molecular weight excluding hydrogens is 592 g/mol. The molecule has 0 amide bonds. The Balaban J connectivity index is 1.26. The number of nitrogens with one attached hydrogen (secondary N) is 2. The van der Waals surface area contributed by atoms with Gasteiger partial charge in [-0.3, -0.25) is 9.52 Å². The number of carbonyl (C=O) groups excluding carboxylic acids is 1. The second-order valence-electron chi connectivity index (χ2n) is 9.85. The average molecular weight is 616 g/mol. The van der Waals surface area contributed by atoms with Gasteiger partial charge in [0.15, 0.2) is 16.6 Å². The molecule has 14 heteroatoms. The van der Waals surface area contributed by atoms with E-state index >= 15 is 0 Å². The summed E-state index contributed by atoms with van der Waals surface area (Å²) in [5.41, 5.74) is 8.02. The van der Waals surface area contributed by atoms with Crippen LogP contribution in [0.5, 0.6) is 11.6 Å². The number of rotatable bonds is 8. The van der Waals surface area contributed by atoms with Crippen LogP contribution in [-0.4, -0.2) is 38.9 Å². The van der Waals surface area contributed by atoms with Crippen LogP contribution in [-0.2, 0) is 10.0 Å². The van der Waals surface area contributed by atoms with Crippen LogP contribution in [0.2, 0.25) is 0 Å². The maximum absolute atomic E-state index is 14.9. The fourth-order valence-corrected chi connectivity index (χ4v) is 5.60. The van der Waals surface area contributed by atoms with Crippen molar-refractivity contribution < 1.29 is 26.7 Å². The number of para-hydroxylation sites is 1. The average Bonchev–Trinajstić information content (AvgIpc) is 3.57. The lowest BCUT2D eigenvalue weighted by atomic mass is 10.1. The summed E-state index contributed by atoms with van der Waals surface area (Å²) in [5, 5.41) is 4.32. The Labute approximate surface area is 249 Å². The van der Waals surface area contributed by atoms with E-state index in [2.05, 4.69) is 24.8 Å². The molecule has 0 unspecified atom stereocenters. The summed E-state index contributed by atoms with van der Waals surface area (Å²) in [5.74, 6) is -1.71. The smallest absolute Gasteiger partial charge is 0.279 e. The number of fused-ring (bicyclic) bond motifs is 1. The van der Waals surface area contributed by atoms with Gasteiger partial charge in [0.25, 0.3) is 10.0 Å². The van der Waals surface area contributed by atoms with Gasteiger partial charge in [-0.15, -0.1) is 0 Å². The maximum atomic E-state index is 14.9. The minimum atomic E-state index is -4.17. The van der Waals surface area contributed by atoms with E-state index in [4.69, 9.17) is 10.5 Å². The van der Waals surface area contributed by atoms with E-state index in [9.17, 15) is 22.0 Å². The first-order chi connectivity index (χ1) is 21.0. The Kier molecular flexibility index (Phi) is 7.05. The number of nitrogen functional groups attached to an aromatic ring is 1. The molecule has 0 saturated carbocycles. The summed E-state index contributed by atoms with van der Waals surface area (Å²) in [6.07, 6.45) is 2.73. The molecule has 0 aliphatic heterocycles. The zero-order valence-corrected chi connectivity index (χ0v) is 24.0. The van der Waals surface area contributed by atoms with Crippen molar-refractivity contribution >= 4 is 38.2 Å². The number of sulfonamides is 1. The lowest BCUT2D eigenvalue weighted by Gasteiger charge is -2.11. The van der Waals surface area contributed by atoms with Gasteiger partial charge in [0.05, 0.1) is 35.0 Å². The van der Waals surface area contributed by atoms with Crippen molar-refractivity contribution in [1.29, 1.82) is 0 Å². The molecule has 11 nitrogen and oxygen atoms in total. The fraction of sp³-hybridized carbons (Fsp3) is 0.0667. The van der Waals surface area contributed by atoms with E-state index in [0.29, 0.717) is 27.8 Å². The number of hydrogen-bond donors (Lipinski definition) is 3. The van der Waals surface area contributed by atoms with Crippen LogP contribution >= 0.6 is 0 Å². The van der Waals surface area contributed by atoms with Gasteiger partial charge in [0, 0.05) is 22.7 Å². The molecule has 0 atom stereocenters. The van der Waals surface area contributed by atoms with Crippen molar-refractivity contribution in [3.63, 3.8) is 0 Å². The zero-order chi connectivity index (χ0) is 31.2. The number of anilines is 2. The molecule has 44 heavy (non-hydrogen) atoms. The van der Waals surface area contributed by atoms with Crippen molar-refractivity contribution in [3.8, 4) is 17.3 Å². The summed E-state index contributed by atoms with van der Waals surface area (Å²) >= 11 is 0. The third-order valence-corrected chi connectivity index (χ3v) is 7.99. The monoisotopic (exact) mass is 615 g/mol. The van der Waals surface area contributed by atoms with Gasteiger partial charge in [-0.25, -0.2) is 23.4 Å². The van der Waals surface area contributed by atoms with Crippen molar-refractivity contribution in [3.05, 3.63) is 113 Å². The van der Waals surface area contributed by atoms with Crippen molar-refractivity contribution in [2.75, 3.05) is 10.5 Å². The minimum Gasteiger partial charge on any atom is -0.436 e. The molecule has 0 aliphatic carbocycles. The van der Waals surface area contributed by atoms with Gasteiger partial charge in [0.1, 0.15) is 11.6 Å². The Bertz CT molecular complexity index is 2200. The standard InChI is InChI=1S/C30H23F2N7O4S/c1-16-10-27(43-26-8-4-3-7-20(26)31)34-15-25(16)39-30(33)19(14-35-39)29(40)24-12-18-11-21(32)23(13-22(18)37-24)38-44(41,42)28-9-5-6-17(2)36-28/h3-15,37-38H,33H2,1-2H3. The highest BCUT2D eigenvalue weighted by Crippen LogP contribution is 2.29. The maximum Gasteiger partial charge on any atom is 0.279 e. The molecule has 222 valence electrons. The van der Waals surface area contributed by atoms with E-state index in [1.165, 1.54) is 53.5 Å². The van der Waals surface area contributed by atoms with Crippen LogP contribution in [0.4, 0.5) is 20.3 Å². The Morgan fingerprint density at radius 1 is 1.00 bits per heavy atom. The fourth-order valence-electron chi connectivity index (χ4n) is 4.53. The Hall–Kier alpha value is -5.63. The Morgan fingerprint density at radius 3 is 2.55 bits per heavy atom. The summed E-state index contributed by atoms with van der Waals surface area (Å²) in [6.45, 7) is 3.39. The Morgan fingerprint density at radius 2 is 1.80 bits per heavy atom. The number of benzene rings is 2. The zero-order valence-electron chi connectivity index (χ0n) is 23.2. The third kappa shape index (κ3) is 5.33. The first-order valence-corrected chi connectivity index (χ1v) is 14.5. The quantitative estimate of drug-likeness (QED) is 0.191. The van der Waals surface area contributed by atoms with Crippen LogP contribution in [0.3, 0.4) is 0 Å². The van der Waals surface area contributed by atoms with Crippen molar-refractivity contribution in [2.45, 2.75) is 18.9 Å². The summed E-state index contributed by atoms with van der Waals surface area (Å²) in [4.78, 5) is 24.5. The van der Waals surface area contributed by atoms with Crippen LogP contribution in [0.25, 0.3) is 16.6 Å². The van der Waals surface area contributed by atoms with Gasteiger partial charge in [-0.2, -0.15) is 13.5 Å². The normalized spacial score (nSPS) is 11.5. The summed E-state index contributed by atoms with van der Waals surface area (Å²) < 4.78 is 63.5. The number of carbonyl (C=O) groups is 1. The molecule has 0 aliphatic rings. The highest BCUT2D eigenvalue weighted by Gasteiger charge is 2.23. The van der Waals surface area contributed by atoms with Crippen molar-refractivity contribution in [1.82, 2.24) is 24.7 Å². The van der Waals surface area contributed by atoms with Gasteiger partial charge in [0.2, 0.25) is 11.7 Å². The SMILES string of the molecule is Cc1cccc(S(=O)(=O)Nc2cc3[nH]c(C(=O)c4cnn(-c5cnc(Oc6ccccc6F)cc5C)c4N)cc3cc2F)n1. The van der Waals surface area contributed by atoms with Crippen molar-refractivity contribution in [2.24, 2.45) is 0 Å². The van der Waals surface area contributed by atoms with E-state index in [1.807, 2.05) is 0 Å². The first kappa shape index (κ1) is 28.5. The highest BCUT2D eigenvalue weighted by atomic mass is 32.2. The molecule has 2 aromatic carbocycles. The van der Waals surface area contributed by atoms with Crippen LogP contribution in [0.1, 0.15) is 27.3 Å². The number of pyridine rings is 2. The number of aromatic nitrogens is 5. The lowest BCUT2D eigenvalue weighted by Crippen LogP contribution is -2.15. The molecule has 4 heterocycles. The lowest BCUT2D eigenvalue weighted by molar-refractivity contribution is 0.103. The van der Waals surface area contributed by atoms with Gasteiger partial charge in [-0.1, -0.05) is 18.2 Å². The summed E-state index contributed by atoms with van der Waals surface area (Å²) in [7, 11) is -4.17. The van der Waals surface area contributed by atoms with E-state index < -0.39 is 27.4 Å². The molecule has 0 saturated heterocycles. The largest absolute Gasteiger partial charge is 0.436 e. The van der Waals surface area contributed by atoms with Gasteiger partial charge < -0.3 is 15.5 Å². The number of nitrogens with zero attached hydrogens (tertiary/aromatic N) is 4. The van der Waals surface area contributed by atoms with Crippen LogP contribution in [0.15, 0.2) is 84.1 Å². The molecule has 4 N–H and O–H groups in total. The van der Waals surface area contributed by atoms with Crippen LogP contribution < -0.4 is 15.2 Å². The predicted octanol–water partition coefficient (Wildman–Crippen LogP) is 5.44. The molecule has 0 bridgehead atoms. The highest BCUT2D eigenvalue weighted by molar-refractivity contribution is 7.92. The van der Waals surface area contributed by atoms with Crippen LogP contribution in [0, 0.1) is 25.5 Å². The number of aryl methyl sites for hydroxylation is 2. The number of ether oxygens (including phenoxy) is 1. The number of H-pyrrole nitrogens is 1. The van der Waals surface area contributed by atoms with E-state index in [0.717, 1.165) is 6.07 Å². The third-order valence-electron chi connectivity index (χ3n) is 6.72. The minimum absolute atomic E-state index is 0.0182. The molecule has 0 fully saturated rings. The molecule has 0 spiro atoms. The number of ketones is 1. The van der Waals surface area contributed by atoms with E-state index in [-0.39, 0.29) is 39.4 Å². The predicted molar refractivity (Wildman–Crippen MR) is 158 cm³/mol. The van der Waals surface area contributed by atoms with Gasteiger partial charge in [-0.05, 0) is 61.9 Å². The van der Waals surface area contributed by atoms with E-state index in [1.54, 1.807) is 38.1 Å². The molecule has 0 radical (unpaired) electrons. The molecule has 6 aromatic rings. The number of halogens is 2. The number of nitrogens with two attached hydrogens (primary N) is 1. The topological polar surface area (TPSA) is 158 Å². The van der Waals surface area contributed by atoms with Gasteiger partial charge >= 0.3 is 0 Å². The molecule has 4 aromatic heterocycles.